The first kappa shape index (κ1) is 21.1. The number of nitrogens with zero attached hydrogens (tertiary/aromatic N) is 3. The highest BCUT2D eigenvalue weighted by Crippen LogP contribution is 2.38. The maximum atomic E-state index is 13.5. The third-order valence-corrected chi connectivity index (χ3v) is 7.85. The van der Waals surface area contributed by atoms with Gasteiger partial charge in [-0.05, 0) is 43.5 Å². The first-order valence-corrected chi connectivity index (χ1v) is 12.8. The number of thioether (sulfide) groups is 1. The van der Waals surface area contributed by atoms with E-state index < -0.39 is 0 Å². The van der Waals surface area contributed by atoms with Crippen molar-refractivity contribution in [1.29, 1.82) is 0 Å². The fourth-order valence-corrected chi connectivity index (χ4v) is 6.20. The highest BCUT2D eigenvalue weighted by molar-refractivity contribution is 8.18. The van der Waals surface area contributed by atoms with Crippen LogP contribution in [0.5, 0.6) is 0 Å². The van der Waals surface area contributed by atoms with Crippen LogP contribution in [0.4, 0.5) is 5.88 Å². The van der Waals surface area contributed by atoms with Crippen LogP contribution in [0.15, 0.2) is 26.4 Å². The number of rotatable bonds is 4. The van der Waals surface area contributed by atoms with Gasteiger partial charge in [0, 0.05) is 31.3 Å². The average Bonchev–Trinajstić information content (AvgIpc) is 3.40. The third-order valence-electron chi connectivity index (χ3n) is 6.85. The Morgan fingerprint density at radius 3 is 2.42 bits per heavy atom. The van der Waals surface area contributed by atoms with Crippen molar-refractivity contribution in [2.75, 3.05) is 31.2 Å². The molecule has 5 rings (SSSR count). The van der Waals surface area contributed by atoms with Crippen molar-refractivity contribution in [3.05, 3.63) is 22.8 Å². The molecule has 1 aromatic heterocycles. The van der Waals surface area contributed by atoms with Crippen LogP contribution < -0.4 is 4.90 Å². The van der Waals surface area contributed by atoms with E-state index in [4.69, 9.17) is 14.1 Å². The Balaban J connectivity index is 1.37. The lowest BCUT2D eigenvalue weighted by Gasteiger charge is -2.31. The summed E-state index contributed by atoms with van der Waals surface area (Å²) in [7, 11) is 0. The van der Waals surface area contributed by atoms with E-state index in [0.29, 0.717) is 12.1 Å². The maximum Gasteiger partial charge on any atom is 0.267 e. The molecule has 2 aliphatic heterocycles. The van der Waals surface area contributed by atoms with Gasteiger partial charge in [-0.15, -0.1) is 0 Å². The molecule has 31 heavy (non-hydrogen) atoms. The van der Waals surface area contributed by atoms with Gasteiger partial charge in [0.2, 0.25) is 0 Å². The summed E-state index contributed by atoms with van der Waals surface area (Å²) in [6, 6.07) is 4.62. The quantitative estimate of drug-likeness (QED) is 0.609. The van der Waals surface area contributed by atoms with Crippen molar-refractivity contribution in [2.24, 2.45) is 4.99 Å². The van der Waals surface area contributed by atoms with E-state index in [1.807, 2.05) is 23.1 Å². The van der Waals surface area contributed by atoms with Crippen molar-refractivity contribution in [2.45, 2.75) is 76.3 Å². The Hall–Kier alpha value is -1.73. The SMILES string of the molecule is O=C1C(=Cc2ccc(N3CCOCC3)o2)SC(=NC2CCCCC2)N1C1CCCCC1. The monoisotopic (exact) mass is 443 g/mol. The van der Waals surface area contributed by atoms with E-state index in [-0.39, 0.29) is 5.91 Å². The molecule has 6 nitrogen and oxygen atoms in total. The van der Waals surface area contributed by atoms with Gasteiger partial charge in [-0.3, -0.25) is 14.7 Å². The summed E-state index contributed by atoms with van der Waals surface area (Å²) in [4.78, 5) is 23.5. The maximum absolute atomic E-state index is 13.5. The number of hydrogen-bond donors (Lipinski definition) is 0. The number of aliphatic imine (C=N–C) groups is 1. The van der Waals surface area contributed by atoms with E-state index in [1.165, 1.54) is 38.5 Å². The van der Waals surface area contributed by atoms with Crippen LogP contribution >= 0.6 is 11.8 Å². The number of ether oxygens (including phenoxy) is 1. The van der Waals surface area contributed by atoms with Crippen LogP contribution in [0, 0.1) is 0 Å². The highest BCUT2D eigenvalue weighted by atomic mass is 32.2. The highest BCUT2D eigenvalue weighted by Gasteiger charge is 2.39. The largest absolute Gasteiger partial charge is 0.441 e. The Morgan fingerprint density at radius 1 is 0.968 bits per heavy atom. The normalized spacial score (nSPS) is 27.0. The molecule has 2 saturated heterocycles. The Bertz CT molecular complexity index is 831. The molecule has 2 aliphatic carbocycles. The number of carbonyl (C=O) groups excluding carboxylic acids is 1. The Labute approximate surface area is 189 Å². The smallest absolute Gasteiger partial charge is 0.267 e. The molecule has 1 aromatic rings. The van der Waals surface area contributed by atoms with Crippen LogP contribution in [-0.2, 0) is 9.53 Å². The van der Waals surface area contributed by atoms with Crippen LogP contribution in [-0.4, -0.2) is 54.4 Å². The first-order chi connectivity index (χ1) is 15.3. The fraction of sp³-hybridized carbons (Fsp3) is 0.667. The van der Waals surface area contributed by atoms with Crippen molar-refractivity contribution in [3.63, 3.8) is 0 Å². The topological polar surface area (TPSA) is 58.3 Å². The van der Waals surface area contributed by atoms with Crippen molar-refractivity contribution < 1.29 is 13.9 Å². The molecule has 4 fully saturated rings. The van der Waals surface area contributed by atoms with E-state index in [2.05, 4.69) is 4.90 Å². The minimum Gasteiger partial charge on any atom is -0.441 e. The van der Waals surface area contributed by atoms with Crippen molar-refractivity contribution in [1.82, 2.24) is 4.90 Å². The molecule has 7 heteroatoms. The van der Waals surface area contributed by atoms with Gasteiger partial charge in [0.05, 0.1) is 24.2 Å². The zero-order valence-electron chi connectivity index (χ0n) is 18.3. The average molecular weight is 444 g/mol. The molecule has 0 radical (unpaired) electrons. The zero-order valence-corrected chi connectivity index (χ0v) is 19.1. The summed E-state index contributed by atoms with van der Waals surface area (Å²) in [6.45, 7) is 3.13. The van der Waals surface area contributed by atoms with Gasteiger partial charge >= 0.3 is 0 Å². The van der Waals surface area contributed by atoms with Gasteiger partial charge < -0.3 is 14.1 Å². The van der Waals surface area contributed by atoms with Crippen LogP contribution in [0.3, 0.4) is 0 Å². The Morgan fingerprint density at radius 2 is 1.68 bits per heavy atom. The summed E-state index contributed by atoms with van der Waals surface area (Å²) in [6.07, 6.45) is 13.9. The number of carbonyl (C=O) groups is 1. The fourth-order valence-electron chi connectivity index (χ4n) is 5.11. The number of furan rings is 1. The lowest BCUT2D eigenvalue weighted by atomic mass is 9.94. The summed E-state index contributed by atoms with van der Waals surface area (Å²) in [5.74, 6) is 1.70. The molecule has 4 aliphatic rings. The van der Waals surface area contributed by atoms with Crippen LogP contribution in [0.2, 0.25) is 0 Å². The zero-order chi connectivity index (χ0) is 21.0. The van der Waals surface area contributed by atoms with E-state index in [1.54, 1.807) is 11.8 Å². The molecule has 1 amide bonds. The minimum absolute atomic E-state index is 0.107. The summed E-state index contributed by atoms with van der Waals surface area (Å²) < 4.78 is 11.5. The second-order valence-electron chi connectivity index (χ2n) is 9.06. The first-order valence-electron chi connectivity index (χ1n) is 12.0. The predicted molar refractivity (Wildman–Crippen MR) is 125 cm³/mol. The van der Waals surface area contributed by atoms with Gasteiger partial charge in [-0.25, -0.2) is 0 Å². The molecule has 3 heterocycles. The van der Waals surface area contributed by atoms with Crippen molar-refractivity contribution in [3.8, 4) is 0 Å². The summed E-state index contributed by atoms with van der Waals surface area (Å²) in [5.41, 5.74) is 0. The van der Waals surface area contributed by atoms with Gasteiger partial charge in [-0.2, -0.15) is 0 Å². The molecule has 0 spiro atoms. The number of amidine groups is 1. The lowest BCUT2D eigenvalue weighted by Crippen LogP contribution is -2.41. The van der Waals surface area contributed by atoms with Crippen molar-refractivity contribution >= 4 is 34.8 Å². The van der Waals surface area contributed by atoms with Gasteiger partial charge in [0.25, 0.3) is 5.91 Å². The van der Waals surface area contributed by atoms with E-state index in [9.17, 15) is 4.79 Å². The predicted octanol–water partition coefficient (Wildman–Crippen LogP) is 5.05. The molecule has 0 bridgehead atoms. The van der Waals surface area contributed by atoms with Crippen LogP contribution in [0.1, 0.15) is 70.0 Å². The number of amides is 1. The van der Waals surface area contributed by atoms with E-state index in [0.717, 1.165) is 73.7 Å². The molecular formula is C24H33N3O3S. The lowest BCUT2D eigenvalue weighted by molar-refractivity contribution is -0.124. The van der Waals surface area contributed by atoms with E-state index >= 15 is 0 Å². The Kier molecular flexibility index (Phi) is 6.69. The molecule has 0 atom stereocenters. The molecule has 2 saturated carbocycles. The standard InChI is InChI=1S/C24H33N3O3S/c28-23-21(17-20-11-12-22(30-20)26-13-15-29-16-14-26)31-24(25-18-7-3-1-4-8-18)27(23)19-9-5-2-6-10-19/h11-12,17-19H,1-10,13-16H2. The third kappa shape index (κ3) is 4.87. The molecule has 0 N–H and O–H groups in total. The summed E-state index contributed by atoms with van der Waals surface area (Å²) >= 11 is 1.55. The van der Waals surface area contributed by atoms with Crippen LogP contribution in [0.25, 0.3) is 6.08 Å². The molecule has 168 valence electrons. The number of hydrogen-bond acceptors (Lipinski definition) is 6. The van der Waals surface area contributed by atoms with Gasteiger partial charge in [-0.1, -0.05) is 38.5 Å². The van der Waals surface area contributed by atoms with Gasteiger partial charge in [0.15, 0.2) is 11.1 Å². The molecule has 0 aromatic carbocycles. The van der Waals surface area contributed by atoms with Gasteiger partial charge in [0.1, 0.15) is 5.76 Å². The molecular weight excluding hydrogens is 410 g/mol. The second-order valence-corrected chi connectivity index (χ2v) is 10.1. The molecule has 0 unspecified atom stereocenters. The number of morpholine rings is 1. The summed E-state index contributed by atoms with van der Waals surface area (Å²) in [5, 5.41) is 0.926. The minimum atomic E-state index is 0.107. The second kappa shape index (κ2) is 9.82. The number of anilines is 1.